The highest BCUT2D eigenvalue weighted by atomic mass is 16.7. The lowest BCUT2D eigenvalue weighted by molar-refractivity contribution is -0.143. The van der Waals surface area contributed by atoms with Gasteiger partial charge in [-0.05, 0) is 37.1 Å². The SMILES string of the molecule is CCCCN1C(=O)CCC(C(=O)NNC(=O)c2ccc3c(c2)OCO3)C1c1ccccc1OC. The van der Waals surface area contributed by atoms with E-state index in [9.17, 15) is 14.4 Å². The number of methoxy groups -OCH3 is 1. The monoisotopic (exact) mass is 467 g/mol. The van der Waals surface area contributed by atoms with Crippen molar-refractivity contribution in [2.45, 2.75) is 38.6 Å². The summed E-state index contributed by atoms with van der Waals surface area (Å²) in [7, 11) is 1.57. The highest BCUT2D eigenvalue weighted by Gasteiger charge is 2.41. The van der Waals surface area contributed by atoms with Crippen LogP contribution in [0.5, 0.6) is 17.2 Å². The van der Waals surface area contributed by atoms with Crippen molar-refractivity contribution in [2.24, 2.45) is 5.92 Å². The van der Waals surface area contributed by atoms with Gasteiger partial charge in [-0.25, -0.2) is 0 Å². The number of piperidine rings is 1. The second-order valence-electron chi connectivity index (χ2n) is 8.28. The van der Waals surface area contributed by atoms with E-state index in [1.54, 1.807) is 30.2 Å². The van der Waals surface area contributed by atoms with Crippen LogP contribution in [0.25, 0.3) is 0 Å². The number of hydrogen-bond acceptors (Lipinski definition) is 6. The molecule has 9 heteroatoms. The number of hydrazine groups is 1. The molecule has 3 amide bonds. The van der Waals surface area contributed by atoms with Crippen LogP contribution in [0.4, 0.5) is 0 Å². The molecule has 34 heavy (non-hydrogen) atoms. The average Bonchev–Trinajstić information content (AvgIpc) is 3.34. The van der Waals surface area contributed by atoms with Crippen LogP contribution >= 0.6 is 0 Å². The summed E-state index contributed by atoms with van der Waals surface area (Å²) in [5, 5.41) is 0. The summed E-state index contributed by atoms with van der Waals surface area (Å²) >= 11 is 0. The minimum absolute atomic E-state index is 0.0119. The van der Waals surface area contributed by atoms with Gasteiger partial charge in [0.15, 0.2) is 11.5 Å². The zero-order valence-electron chi connectivity index (χ0n) is 19.3. The maximum absolute atomic E-state index is 13.3. The number of rotatable bonds is 7. The molecule has 2 aliphatic heterocycles. The fraction of sp³-hybridized carbons (Fsp3) is 0.400. The zero-order chi connectivity index (χ0) is 24.1. The third kappa shape index (κ3) is 4.78. The topological polar surface area (TPSA) is 106 Å². The van der Waals surface area contributed by atoms with Gasteiger partial charge in [-0.15, -0.1) is 0 Å². The molecule has 2 aromatic rings. The van der Waals surface area contributed by atoms with Gasteiger partial charge >= 0.3 is 0 Å². The average molecular weight is 468 g/mol. The summed E-state index contributed by atoms with van der Waals surface area (Å²) in [5.41, 5.74) is 6.15. The third-order valence-corrected chi connectivity index (χ3v) is 6.19. The fourth-order valence-corrected chi connectivity index (χ4v) is 4.44. The van der Waals surface area contributed by atoms with Gasteiger partial charge in [0, 0.05) is 24.1 Å². The van der Waals surface area contributed by atoms with Gasteiger partial charge < -0.3 is 19.1 Å². The summed E-state index contributed by atoms with van der Waals surface area (Å²) in [6.07, 6.45) is 2.39. The maximum Gasteiger partial charge on any atom is 0.269 e. The molecule has 180 valence electrons. The number of ether oxygens (including phenoxy) is 3. The molecule has 0 radical (unpaired) electrons. The van der Waals surface area contributed by atoms with Crippen molar-refractivity contribution in [3.63, 3.8) is 0 Å². The van der Waals surface area contributed by atoms with E-state index in [1.807, 2.05) is 24.3 Å². The van der Waals surface area contributed by atoms with E-state index >= 15 is 0 Å². The van der Waals surface area contributed by atoms with E-state index in [4.69, 9.17) is 14.2 Å². The first-order chi connectivity index (χ1) is 16.5. The van der Waals surface area contributed by atoms with Crippen molar-refractivity contribution in [3.8, 4) is 17.2 Å². The molecule has 0 aromatic heterocycles. The van der Waals surface area contributed by atoms with E-state index in [1.165, 1.54) is 0 Å². The van der Waals surface area contributed by atoms with Crippen LogP contribution in [-0.4, -0.2) is 43.1 Å². The van der Waals surface area contributed by atoms with Crippen LogP contribution in [0.2, 0.25) is 0 Å². The fourth-order valence-electron chi connectivity index (χ4n) is 4.44. The van der Waals surface area contributed by atoms with Gasteiger partial charge in [-0.1, -0.05) is 31.5 Å². The number of hydrogen-bond donors (Lipinski definition) is 2. The molecule has 2 heterocycles. The summed E-state index contributed by atoms with van der Waals surface area (Å²) in [6.45, 7) is 2.71. The highest BCUT2D eigenvalue weighted by Crippen LogP contribution is 2.41. The van der Waals surface area contributed by atoms with Crippen molar-refractivity contribution >= 4 is 17.7 Å². The minimum atomic E-state index is -0.553. The van der Waals surface area contributed by atoms with Crippen LogP contribution in [0.3, 0.4) is 0 Å². The minimum Gasteiger partial charge on any atom is -0.496 e. The predicted octanol–water partition coefficient (Wildman–Crippen LogP) is 2.96. The van der Waals surface area contributed by atoms with Crippen LogP contribution in [0.15, 0.2) is 42.5 Å². The molecule has 1 fully saturated rings. The van der Waals surface area contributed by atoms with Gasteiger partial charge in [-0.3, -0.25) is 25.2 Å². The molecule has 2 aromatic carbocycles. The number of fused-ring (bicyclic) bond motifs is 1. The number of carbonyl (C=O) groups excluding carboxylic acids is 3. The lowest BCUT2D eigenvalue weighted by atomic mass is 9.83. The first-order valence-electron chi connectivity index (χ1n) is 11.5. The summed E-state index contributed by atoms with van der Waals surface area (Å²) in [6, 6.07) is 11.7. The largest absolute Gasteiger partial charge is 0.496 e. The Balaban J connectivity index is 1.53. The van der Waals surface area contributed by atoms with Crippen LogP contribution in [0.1, 0.15) is 54.6 Å². The van der Waals surface area contributed by atoms with Crippen molar-refractivity contribution < 1.29 is 28.6 Å². The van der Waals surface area contributed by atoms with E-state index in [0.717, 1.165) is 18.4 Å². The summed E-state index contributed by atoms with van der Waals surface area (Å²) < 4.78 is 16.1. The molecule has 4 rings (SSSR count). The molecular weight excluding hydrogens is 438 g/mol. The number of benzene rings is 2. The van der Waals surface area contributed by atoms with E-state index in [0.29, 0.717) is 35.8 Å². The Morgan fingerprint density at radius 2 is 1.91 bits per heavy atom. The number of unbranched alkanes of at least 4 members (excludes halogenated alkanes) is 1. The third-order valence-electron chi connectivity index (χ3n) is 6.19. The Morgan fingerprint density at radius 3 is 2.71 bits per heavy atom. The van der Waals surface area contributed by atoms with Crippen LogP contribution in [-0.2, 0) is 9.59 Å². The Kier molecular flexibility index (Phi) is 7.20. The lowest BCUT2D eigenvalue weighted by Crippen LogP contribution is -2.51. The van der Waals surface area contributed by atoms with Crippen LogP contribution in [0, 0.1) is 5.92 Å². The molecule has 2 atom stereocenters. The van der Waals surface area contributed by atoms with Crippen molar-refractivity contribution in [1.82, 2.24) is 15.8 Å². The molecule has 0 aliphatic carbocycles. The first-order valence-corrected chi connectivity index (χ1v) is 11.5. The quantitative estimate of drug-likeness (QED) is 0.607. The molecule has 1 saturated heterocycles. The van der Waals surface area contributed by atoms with Gasteiger partial charge in [0.2, 0.25) is 18.6 Å². The summed E-state index contributed by atoms with van der Waals surface area (Å²) in [5.74, 6) is 0.285. The Labute approximate surface area is 198 Å². The molecule has 2 aliphatic rings. The number of nitrogens with one attached hydrogen (secondary N) is 2. The standard InChI is InChI=1S/C25H29N3O6/c1-3-4-13-28-22(29)12-10-18(23(28)17-7-5-6-8-19(17)32-2)25(31)27-26-24(30)16-9-11-20-21(14-16)34-15-33-20/h5-9,11,14,18,23H,3-4,10,12-13,15H2,1-2H3,(H,26,30)(H,27,31). The van der Waals surface area contributed by atoms with Gasteiger partial charge in [0.1, 0.15) is 5.75 Å². The second kappa shape index (κ2) is 10.5. The zero-order valence-corrected chi connectivity index (χ0v) is 19.3. The molecule has 9 nitrogen and oxygen atoms in total. The van der Waals surface area contributed by atoms with E-state index < -0.39 is 17.9 Å². The van der Waals surface area contributed by atoms with Crippen molar-refractivity contribution in [2.75, 3.05) is 20.4 Å². The molecular formula is C25H29N3O6. The molecule has 0 bridgehead atoms. The number of nitrogens with zero attached hydrogens (tertiary/aromatic N) is 1. The highest BCUT2D eigenvalue weighted by molar-refractivity contribution is 5.96. The normalized spacial score (nSPS) is 19.0. The van der Waals surface area contributed by atoms with Crippen molar-refractivity contribution in [1.29, 1.82) is 0 Å². The number of carbonyl (C=O) groups is 3. The predicted molar refractivity (Wildman–Crippen MR) is 123 cm³/mol. The molecule has 2 unspecified atom stereocenters. The first kappa shape index (κ1) is 23.4. The van der Waals surface area contributed by atoms with Crippen LogP contribution < -0.4 is 25.1 Å². The second-order valence-corrected chi connectivity index (χ2v) is 8.28. The number of para-hydroxylation sites is 1. The van der Waals surface area contributed by atoms with E-state index in [-0.39, 0.29) is 25.0 Å². The van der Waals surface area contributed by atoms with Gasteiger partial charge in [-0.2, -0.15) is 0 Å². The Hall–Kier alpha value is -3.75. The molecule has 2 N–H and O–H groups in total. The maximum atomic E-state index is 13.3. The Morgan fingerprint density at radius 1 is 1.12 bits per heavy atom. The lowest BCUT2D eigenvalue weighted by Gasteiger charge is -2.41. The van der Waals surface area contributed by atoms with E-state index in [2.05, 4.69) is 17.8 Å². The smallest absolute Gasteiger partial charge is 0.269 e. The molecule has 0 spiro atoms. The van der Waals surface area contributed by atoms with Gasteiger partial charge in [0.05, 0.1) is 19.1 Å². The molecule has 0 saturated carbocycles. The number of amides is 3. The van der Waals surface area contributed by atoms with Gasteiger partial charge in [0.25, 0.3) is 5.91 Å². The Bertz CT molecular complexity index is 1070. The summed E-state index contributed by atoms with van der Waals surface area (Å²) in [4.78, 5) is 40.5. The van der Waals surface area contributed by atoms with Crippen molar-refractivity contribution in [3.05, 3.63) is 53.6 Å². The number of likely N-dealkylation sites (tertiary alicyclic amines) is 1.